The smallest absolute Gasteiger partial charge is 0.411 e. The Bertz CT molecular complexity index is 1640. The highest BCUT2D eigenvalue weighted by atomic mass is 35.5. The maximum atomic E-state index is 13.0. The number of amides is 3. The van der Waals surface area contributed by atoms with Crippen molar-refractivity contribution in [3.05, 3.63) is 89.6 Å². The van der Waals surface area contributed by atoms with Gasteiger partial charge in [0.25, 0.3) is 0 Å². The van der Waals surface area contributed by atoms with E-state index in [4.69, 9.17) is 11.6 Å². The van der Waals surface area contributed by atoms with Crippen molar-refractivity contribution in [2.24, 2.45) is 0 Å². The van der Waals surface area contributed by atoms with Crippen LogP contribution in [-0.4, -0.2) is 50.0 Å². The van der Waals surface area contributed by atoms with Gasteiger partial charge in [-0.05, 0) is 48.9 Å². The summed E-state index contributed by atoms with van der Waals surface area (Å²) >= 11 is 6.19. The second-order valence-corrected chi connectivity index (χ2v) is 9.40. The van der Waals surface area contributed by atoms with Crippen molar-refractivity contribution in [1.29, 1.82) is 0 Å². The first kappa shape index (κ1) is 27.3. The Balaban J connectivity index is 1.40. The van der Waals surface area contributed by atoms with Crippen LogP contribution in [0.2, 0.25) is 5.02 Å². The molecule has 2 aromatic carbocycles. The molecule has 13 heteroatoms. The number of benzene rings is 2. The number of nitrogens with one attached hydrogen (secondary N) is 4. The van der Waals surface area contributed by atoms with Gasteiger partial charge in [0, 0.05) is 34.3 Å². The molecule has 1 aliphatic heterocycles. The van der Waals surface area contributed by atoms with Gasteiger partial charge in [-0.3, -0.25) is 14.9 Å². The minimum atomic E-state index is -0.631. The number of anilines is 2. The summed E-state index contributed by atoms with van der Waals surface area (Å²) in [6.45, 7) is 0. The maximum Gasteiger partial charge on any atom is 0.411 e. The fourth-order valence-corrected chi connectivity index (χ4v) is 4.41. The second kappa shape index (κ2) is 12.3. The van der Waals surface area contributed by atoms with Gasteiger partial charge in [-0.25, -0.2) is 14.5 Å². The topological polar surface area (TPSA) is 156 Å². The second-order valence-electron chi connectivity index (χ2n) is 8.96. The number of aromatic nitrogens is 5. The predicted octanol–water partition coefficient (Wildman–Crippen LogP) is 4.65. The molecule has 0 fully saturated rings. The van der Waals surface area contributed by atoms with E-state index < -0.39 is 12.1 Å². The number of fused-ring (bicyclic) bond motifs is 4. The third-order valence-corrected chi connectivity index (χ3v) is 6.41. The molecule has 12 nitrogen and oxygen atoms in total. The van der Waals surface area contributed by atoms with Crippen molar-refractivity contribution < 1.29 is 19.1 Å². The van der Waals surface area contributed by atoms with Crippen LogP contribution in [0.3, 0.4) is 0 Å². The average molecular weight is 573 g/mol. The average Bonchev–Trinajstić information content (AvgIpc) is 3.66. The Labute approximate surface area is 239 Å². The van der Waals surface area contributed by atoms with Crippen LogP contribution in [0.5, 0.6) is 0 Å². The SMILES string of the molecule is COC(=O)Nc1ccc2c(c1)NC(=O)C/C=C\CC(NC(=O)/C=C/c1cc(Cl)ccc1-n1ccnn1)c1ncc-2[nH]1. The summed E-state index contributed by atoms with van der Waals surface area (Å²) in [7, 11) is 1.27. The molecule has 1 unspecified atom stereocenters. The molecule has 2 aromatic heterocycles. The fourth-order valence-electron chi connectivity index (χ4n) is 4.23. The number of nitrogens with zero attached hydrogens (tertiary/aromatic N) is 4. The molecule has 0 spiro atoms. The Morgan fingerprint density at radius 2 is 2.07 bits per heavy atom. The number of imidazole rings is 1. The van der Waals surface area contributed by atoms with Gasteiger partial charge in [-0.2, -0.15) is 0 Å². The molecule has 5 rings (SSSR count). The Kier molecular flexibility index (Phi) is 8.20. The molecule has 0 saturated heterocycles. The Morgan fingerprint density at radius 3 is 2.88 bits per heavy atom. The van der Waals surface area contributed by atoms with Crippen molar-refractivity contribution >= 4 is 47.0 Å². The molecule has 0 radical (unpaired) electrons. The predicted molar refractivity (Wildman–Crippen MR) is 153 cm³/mol. The van der Waals surface area contributed by atoms with Crippen molar-refractivity contribution in [2.75, 3.05) is 17.7 Å². The zero-order chi connectivity index (χ0) is 28.8. The summed E-state index contributed by atoms with van der Waals surface area (Å²) in [4.78, 5) is 45.1. The summed E-state index contributed by atoms with van der Waals surface area (Å²) in [5.74, 6) is -0.0621. The number of methoxy groups -OCH3 is 1. The molecule has 3 amide bonds. The number of hydrogen-bond acceptors (Lipinski definition) is 7. The minimum absolute atomic E-state index is 0.119. The first-order chi connectivity index (χ1) is 19.9. The van der Waals surface area contributed by atoms with E-state index in [1.54, 1.807) is 71.8 Å². The van der Waals surface area contributed by atoms with Crippen molar-refractivity contribution in [3.8, 4) is 16.9 Å². The summed E-state index contributed by atoms with van der Waals surface area (Å²) < 4.78 is 6.24. The van der Waals surface area contributed by atoms with E-state index in [2.05, 4.69) is 41.0 Å². The lowest BCUT2D eigenvalue weighted by molar-refractivity contribution is -0.117. The molecule has 4 aromatic rings. The normalized spacial score (nSPS) is 15.7. The van der Waals surface area contributed by atoms with Gasteiger partial charge in [0.15, 0.2) is 0 Å². The summed E-state index contributed by atoms with van der Waals surface area (Å²) in [5.41, 5.74) is 3.59. The number of H-pyrrole nitrogens is 1. The molecule has 0 aliphatic carbocycles. The molecule has 0 saturated carbocycles. The van der Waals surface area contributed by atoms with Crippen LogP contribution in [0.4, 0.5) is 16.2 Å². The van der Waals surface area contributed by atoms with Gasteiger partial charge in [0.05, 0.1) is 48.8 Å². The molecular weight excluding hydrogens is 548 g/mol. The van der Waals surface area contributed by atoms with Gasteiger partial charge in [-0.15, -0.1) is 5.10 Å². The third-order valence-electron chi connectivity index (χ3n) is 6.17. The van der Waals surface area contributed by atoms with Crippen LogP contribution in [0.15, 0.2) is 73.2 Å². The lowest BCUT2D eigenvalue weighted by atomic mass is 10.1. The molecule has 4 N–H and O–H groups in total. The van der Waals surface area contributed by atoms with Crippen LogP contribution < -0.4 is 16.0 Å². The van der Waals surface area contributed by atoms with Crippen molar-refractivity contribution in [1.82, 2.24) is 30.3 Å². The van der Waals surface area contributed by atoms with E-state index in [0.717, 1.165) is 0 Å². The van der Waals surface area contributed by atoms with Crippen LogP contribution in [0.1, 0.15) is 30.3 Å². The maximum absolute atomic E-state index is 13.0. The van der Waals surface area contributed by atoms with E-state index in [-0.39, 0.29) is 18.2 Å². The van der Waals surface area contributed by atoms with E-state index in [9.17, 15) is 14.4 Å². The standard InChI is InChI=1S/C28H25ClN8O4/c1-41-28(40)32-19-8-9-20-22(15-19)34-25(38)5-3-2-4-21(27-30-16-23(20)35-27)33-26(39)11-6-17-14-18(29)7-10-24(17)37-13-12-31-36-37/h2-3,6-16,21H,4-5H2,1H3,(H,30,35)(H,32,40)(H,33,39)(H,34,38)/b3-2-,11-6+. The van der Waals surface area contributed by atoms with Crippen LogP contribution >= 0.6 is 11.6 Å². The highest BCUT2D eigenvalue weighted by molar-refractivity contribution is 6.30. The summed E-state index contributed by atoms with van der Waals surface area (Å²) in [6.07, 6.45) is 11.4. The molecular formula is C28H25ClN8O4. The van der Waals surface area contributed by atoms with Gasteiger partial charge in [0.1, 0.15) is 5.82 Å². The van der Waals surface area contributed by atoms with Gasteiger partial charge in [0.2, 0.25) is 11.8 Å². The molecule has 208 valence electrons. The molecule has 1 aliphatic rings. The number of hydrogen-bond donors (Lipinski definition) is 4. The molecule has 3 heterocycles. The monoisotopic (exact) mass is 572 g/mol. The number of ether oxygens (including phenoxy) is 1. The quantitative estimate of drug-likeness (QED) is 0.200. The van der Waals surface area contributed by atoms with Gasteiger partial charge in [-0.1, -0.05) is 29.0 Å². The molecule has 41 heavy (non-hydrogen) atoms. The molecule has 1 atom stereocenters. The highest BCUT2D eigenvalue weighted by Gasteiger charge is 2.19. The van der Waals surface area contributed by atoms with E-state index in [1.807, 2.05) is 6.08 Å². The van der Waals surface area contributed by atoms with E-state index in [0.29, 0.717) is 51.2 Å². The lowest BCUT2D eigenvalue weighted by Gasteiger charge is -2.16. The number of rotatable bonds is 5. The largest absolute Gasteiger partial charge is 0.453 e. The third kappa shape index (κ3) is 6.68. The first-order valence-electron chi connectivity index (χ1n) is 12.5. The zero-order valence-electron chi connectivity index (χ0n) is 21.8. The summed E-state index contributed by atoms with van der Waals surface area (Å²) in [6, 6.07) is 9.81. The minimum Gasteiger partial charge on any atom is -0.453 e. The molecule has 2 bridgehead atoms. The number of aromatic amines is 1. The lowest BCUT2D eigenvalue weighted by Crippen LogP contribution is -2.27. The Hall–Kier alpha value is -5.23. The van der Waals surface area contributed by atoms with Gasteiger partial charge >= 0.3 is 6.09 Å². The number of halogens is 1. The number of carbonyl (C=O) groups is 3. The van der Waals surface area contributed by atoms with Gasteiger partial charge < -0.3 is 20.4 Å². The van der Waals surface area contributed by atoms with Crippen molar-refractivity contribution in [3.63, 3.8) is 0 Å². The van der Waals surface area contributed by atoms with Crippen LogP contribution in [-0.2, 0) is 14.3 Å². The number of carbonyl (C=O) groups excluding carboxylic acids is 3. The van der Waals surface area contributed by atoms with E-state index in [1.165, 1.54) is 13.2 Å². The fraction of sp³-hybridized carbons (Fsp3) is 0.143. The van der Waals surface area contributed by atoms with Crippen LogP contribution in [0.25, 0.3) is 23.0 Å². The van der Waals surface area contributed by atoms with E-state index >= 15 is 0 Å². The van der Waals surface area contributed by atoms with Crippen molar-refractivity contribution in [2.45, 2.75) is 18.9 Å². The highest BCUT2D eigenvalue weighted by Crippen LogP contribution is 2.31. The summed E-state index contributed by atoms with van der Waals surface area (Å²) in [5, 5.41) is 16.8. The van der Waals surface area contributed by atoms with Crippen LogP contribution in [0, 0.1) is 0 Å². The Morgan fingerprint density at radius 1 is 1.20 bits per heavy atom. The first-order valence-corrected chi connectivity index (χ1v) is 12.9. The zero-order valence-corrected chi connectivity index (χ0v) is 22.6.